The molecule has 2 aliphatic rings. The van der Waals surface area contributed by atoms with Gasteiger partial charge in [-0.15, -0.1) is 0 Å². The molecule has 0 radical (unpaired) electrons. The summed E-state index contributed by atoms with van der Waals surface area (Å²) in [7, 11) is 0. The third-order valence-electron chi connectivity index (χ3n) is 6.26. The Morgan fingerprint density at radius 2 is 1.84 bits per heavy atom. The van der Waals surface area contributed by atoms with Crippen molar-refractivity contribution in [3.63, 3.8) is 0 Å². The van der Waals surface area contributed by atoms with E-state index in [1.807, 2.05) is 37.3 Å². The van der Waals surface area contributed by atoms with Gasteiger partial charge in [0.05, 0.1) is 12.0 Å². The zero-order valence-corrected chi connectivity index (χ0v) is 18.1. The molecule has 0 saturated carbocycles. The number of carbonyl (C=O) groups is 3. The quantitative estimate of drug-likeness (QED) is 0.748. The number of nitrogens with zero attached hydrogens (tertiary/aromatic N) is 1. The molecule has 2 aromatic carbocycles. The molecule has 2 atom stereocenters. The molecule has 2 N–H and O–H groups in total. The van der Waals surface area contributed by atoms with E-state index in [1.165, 1.54) is 17.5 Å². The second kappa shape index (κ2) is 8.92. The third-order valence-corrected chi connectivity index (χ3v) is 6.26. The van der Waals surface area contributed by atoms with Crippen molar-refractivity contribution < 1.29 is 14.4 Å². The fraction of sp³-hybridized carbons (Fsp3) is 0.400. The monoisotopic (exact) mass is 419 g/mol. The first-order chi connectivity index (χ1) is 14.9. The van der Waals surface area contributed by atoms with E-state index in [-0.39, 0.29) is 36.1 Å². The van der Waals surface area contributed by atoms with Crippen molar-refractivity contribution in [2.24, 2.45) is 5.92 Å². The number of anilines is 2. The Morgan fingerprint density at radius 3 is 2.58 bits per heavy atom. The molecule has 3 amide bonds. The predicted octanol–water partition coefficient (Wildman–Crippen LogP) is 3.75. The van der Waals surface area contributed by atoms with Gasteiger partial charge in [-0.1, -0.05) is 25.1 Å². The van der Waals surface area contributed by atoms with E-state index in [0.29, 0.717) is 13.0 Å². The number of fused-ring (bicyclic) bond motifs is 1. The number of benzene rings is 2. The van der Waals surface area contributed by atoms with E-state index >= 15 is 0 Å². The molecule has 1 fully saturated rings. The van der Waals surface area contributed by atoms with Crippen molar-refractivity contribution in [2.45, 2.75) is 52.0 Å². The standard InChI is InChI=1S/C25H29N3O3/c1-3-23(29)27-21-10-7-17(8-11-21)16(2)26-25(31)20-14-24(30)28(15-20)22-12-9-18-5-4-6-19(18)13-22/h7-13,16,20H,3-6,14-15H2,1-2H3,(H,26,31)(H,27,29). The van der Waals surface area contributed by atoms with Crippen LogP contribution in [0.2, 0.25) is 0 Å². The summed E-state index contributed by atoms with van der Waals surface area (Å²) in [5.41, 5.74) is 5.28. The lowest BCUT2D eigenvalue weighted by Crippen LogP contribution is -2.34. The summed E-state index contributed by atoms with van der Waals surface area (Å²) >= 11 is 0. The molecule has 1 aliphatic heterocycles. The minimum atomic E-state index is -0.355. The van der Waals surface area contributed by atoms with Crippen LogP contribution in [-0.2, 0) is 27.2 Å². The molecule has 1 aliphatic carbocycles. The molecular weight excluding hydrogens is 390 g/mol. The van der Waals surface area contributed by atoms with Gasteiger partial charge in [0.25, 0.3) is 0 Å². The van der Waals surface area contributed by atoms with Gasteiger partial charge in [-0.2, -0.15) is 0 Å². The van der Waals surface area contributed by atoms with E-state index in [1.54, 1.807) is 11.8 Å². The molecule has 162 valence electrons. The lowest BCUT2D eigenvalue weighted by molar-refractivity contribution is -0.126. The highest BCUT2D eigenvalue weighted by Gasteiger charge is 2.35. The van der Waals surface area contributed by atoms with Crippen molar-refractivity contribution in [1.29, 1.82) is 0 Å². The van der Waals surface area contributed by atoms with Gasteiger partial charge in [0.15, 0.2) is 0 Å². The summed E-state index contributed by atoms with van der Waals surface area (Å²) < 4.78 is 0. The van der Waals surface area contributed by atoms with Crippen LogP contribution >= 0.6 is 0 Å². The Hall–Kier alpha value is -3.15. The van der Waals surface area contributed by atoms with Crippen LogP contribution in [0.15, 0.2) is 42.5 Å². The number of carbonyl (C=O) groups excluding carboxylic acids is 3. The van der Waals surface area contributed by atoms with Crippen LogP contribution in [0.3, 0.4) is 0 Å². The Morgan fingerprint density at radius 1 is 1.10 bits per heavy atom. The molecule has 6 nitrogen and oxygen atoms in total. The summed E-state index contributed by atoms with van der Waals surface area (Å²) in [5.74, 6) is -0.492. The Balaban J connectivity index is 1.36. The topological polar surface area (TPSA) is 78.5 Å². The largest absolute Gasteiger partial charge is 0.349 e. The number of rotatable bonds is 6. The first-order valence-corrected chi connectivity index (χ1v) is 11.1. The fourth-order valence-electron chi connectivity index (χ4n) is 4.38. The second-order valence-corrected chi connectivity index (χ2v) is 8.47. The van der Waals surface area contributed by atoms with Crippen LogP contribution in [0.25, 0.3) is 0 Å². The maximum absolute atomic E-state index is 12.8. The predicted molar refractivity (Wildman–Crippen MR) is 121 cm³/mol. The van der Waals surface area contributed by atoms with Crippen molar-refractivity contribution in [3.8, 4) is 0 Å². The number of nitrogens with one attached hydrogen (secondary N) is 2. The van der Waals surface area contributed by atoms with Crippen molar-refractivity contribution in [3.05, 3.63) is 59.2 Å². The lowest BCUT2D eigenvalue weighted by atomic mass is 10.0. The fourth-order valence-corrected chi connectivity index (χ4v) is 4.38. The summed E-state index contributed by atoms with van der Waals surface area (Å²) in [4.78, 5) is 38.7. The molecule has 2 unspecified atom stereocenters. The van der Waals surface area contributed by atoms with Crippen LogP contribution in [0.5, 0.6) is 0 Å². The highest BCUT2D eigenvalue weighted by Crippen LogP contribution is 2.31. The highest BCUT2D eigenvalue weighted by atomic mass is 16.2. The number of hydrogen-bond acceptors (Lipinski definition) is 3. The minimum absolute atomic E-state index is 0.00164. The minimum Gasteiger partial charge on any atom is -0.349 e. The van der Waals surface area contributed by atoms with Crippen LogP contribution in [0.4, 0.5) is 11.4 Å². The third kappa shape index (κ3) is 4.63. The zero-order valence-electron chi connectivity index (χ0n) is 18.1. The average Bonchev–Trinajstić information content (AvgIpc) is 3.39. The summed E-state index contributed by atoms with van der Waals surface area (Å²) in [6.07, 6.45) is 4.00. The van der Waals surface area contributed by atoms with Gasteiger partial charge in [0.1, 0.15) is 0 Å². The SMILES string of the molecule is CCC(=O)Nc1ccc(C(C)NC(=O)C2CC(=O)N(c3ccc4c(c3)CCC4)C2)cc1. The maximum atomic E-state index is 12.8. The van der Waals surface area contributed by atoms with E-state index in [2.05, 4.69) is 22.8 Å². The molecule has 6 heteroatoms. The molecule has 31 heavy (non-hydrogen) atoms. The van der Waals surface area contributed by atoms with Crippen LogP contribution in [-0.4, -0.2) is 24.3 Å². The van der Waals surface area contributed by atoms with Crippen molar-refractivity contribution >= 4 is 29.1 Å². The smallest absolute Gasteiger partial charge is 0.227 e. The molecule has 1 saturated heterocycles. The van der Waals surface area contributed by atoms with Crippen LogP contribution in [0.1, 0.15) is 55.8 Å². The molecule has 2 aromatic rings. The Labute approximate surface area is 183 Å². The molecule has 0 aromatic heterocycles. The van der Waals surface area contributed by atoms with Gasteiger partial charge >= 0.3 is 0 Å². The molecule has 0 bridgehead atoms. The molecular formula is C25H29N3O3. The number of amides is 3. The van der Waals surface area contributed by atoms with Crippen LogP contribution in [0, 0.1) is 5.92 Å². The molecule has 0 spiro atoms. The first-order valence-electron chi connectivity index (χ1n) is 11.1. The van der Waals surface area contributed by atoms with Gasteiger partial charge in [-0.05, 0) is 67.1 Å². The van der Waals surface area contributed by atoms with Gasteiger partial charge < -0.3 is 15.5 Å². The number of aryl methyl sites for hydroxylation is 2. The van der Waals surface area contributed by atoms with Gasteiger partial charge in [-0.25, -0.2) is 0 Å². The van der Waals surface area contributed by atoms with Crippen LogP contribution < -0.4 is 15.5 Å². The maximum Gasteiger partial charge on any atom is 0.227 e. The second-order valence-electron chi connectivity index (χ2n) is 8.47. The molecule has 1 heterocycles. The van der Waals surface area contributed by atoms with E-state index in [9.17, 15) is 14.4 Å². The summed E-state index contributed by atoms with van der Waals surface area (Å²) in [5, 5.41) is 5.85. The van der Waals surface area contributed by atoms with E-state index < -0.39 is 0 Å². The van der Waals surface area contributed by atoms with Crippen molar-refractivity contribution in [1.82, 2.24) is 5.32 Å². The van der Waals surface area contributed by atoms with E-state index in [0.717, 1.165) is 29.8 Å². The van der Waals surface area contributed by atoms with Gasteiger partial charge in [0.2, 0.25) is 17.7 Å². The number of hydrogen-bond donors (Lipinski definition) is 2. The zero-order chi connectivity index (χ0) is 22.0. The Bertz CT molecular complexity index is 1000. The Kier molecular flexibility index (Phi) is 6.07. The van der Waals surface area contributed by atoms with E-state index in [4.69, 9.17) is 0 Å². The van der Waals surface area contributed by atoms with Crippen molar-refractivity contribution in [2.75, 3.05) is 16.8 Å². The lowest BCUT2D eigenvalue weighted by Gasteiger charge is -2.19. The summed E-state index contributed by atoms with van der Waals surface area (Å²) in [6.45, 7) is 4.14. The highest BCUT2D eigenvalue weighted by molar-refractivity contribution is 6.00. The average molecular weight is 420 g/mol. The summed E-state index contributed by atoms with van der Waals surface area (Å²) in [6, 6.07) is 13.5. The van der Waals surface area contributed by atoms with Gasteiger partial charge in [-0.3, -0.25) is 14.4 Å². The normalized spacial score (nSPS) is 18.6. The first kappa shape index (κ1) is 21.1. The van der Waals surface area contributed by atoms with Gasteiger partial charge in [0, 0.05) is 30.8 Å². The molecule has 4 rings (SSSR count).